The van der Waals surface area contributed by atoms with E-state index in [-0.39, 0.29) is 30.8 Å². The topological polar surface area (TPSA) is 105 Å². The van der Waals surface area contributed by atoms with E-state index in [1.165, 1.54) is 7.11 Å². The third kappa shape index (κ3) is 7.87. The molecule has 1 amide bonds. The van der Waals surface area contributed by atoms with Crippen LogP contribution < -0.4 is 5.32 Å². The van der Waals surface area contributed by atoms with Crippen molar-refractivity contribution >= 4 is 12.1 Å². The van der Waals surface area contributed by atoms with E-state index in [0.29, 0.717) is 25.8 Å². The van der Waals surface area contributed by atoms with Crippen LogP contribution in [0.3, 0.4) is 0 Å². The summed E-state index contributed by atoms with van der Waals surface area (Å²) in [4.78, 5) is 23.0. The first kappa shape index (κ1) is 22.9. The number of methoxy groups -OCH3 is 1. The van der Waals surface area contributed by atoms with Crippen molar-refractivity contribution in [2.24, 2.45) is 11.8 Å². The summed E-state index contributed by atoms with van der Waals surface area (Å²) < 4.78 is 9.88. The van der Waals surface area contributed by atoms with Crippen LogP contribution in [0.25, 0.3) is 0 Å². The predicted octanol–water partition coefficient (Wildman–Crippen LogP) is 2.56. The first-order valence-electron chi connectivity index (χ1n) is 10.0. The number of allylic oxidation sites excluding steroid dienone is 2. The van der Waals surface area contributed by atoms with Gasteiger partial charge in [-0.25, -0.2) is 4.79 Å². The Labute approximate surface area is 171 Å². The zero-order chi connectivity index (χ0) is 21.1. The van der Waals surface area contributed by atoms with Crippen LogP contribution in [0.2, 0.25) is 0 Å². The summed E-state index contributed by atoms with van der Waals surface area (Å²) in [7, 11) is 1.37. The number of aliphatic hydroxyl groups excluding tert-OH is 2. The Kier molecular flexibility index (Phi) is 9.67. The number of alkyl carbamates (subject to hydrolysis) is 1. The van der Waals surface area contributed by atoms with Crippen LogP contribution in [0, 0.1) is 11.8 Å². The Morgan fingerprint density at radius 1 is 1.14 bits per heavy atom. The molecule has 1 aliphatic rings. The average Bonchev–Trinajstić information content (AvgIpc) is 3.00. The zero-order valence-electron chi connectivity index (χ0n) is 16.8. The average molecular weight is 405 g/mol. The van der Waals surface area contributed by atoms with Crippen LogP contribution in [0.1, 0.15) is 37.7 Å². The fraction of sp³-hybridized carbons (Fsp3) is 0.545. The van der Waals surface area contributed by atoms with E-state index in [1.807, 2.05) is 42.5 Å². The molecule has 0 aliphatic heterocycles. The summed E-state index contributed by atoms with van der Waals surface area (Å²) in [5.41, 5.74) is 0.969. The maximum absolute atomic E-state index is 12.0. The largest absolute Gasteiger partial charge is 0.469 e. The highest BCUT2D eigenvalue weighted by Crippen LogP contribution is 2.35. The summed E-state index contributed by atoms with van der Waals surface area (Å²) in [6.07, 6.45) is 4.71. The van der Waals surface area contributed by atoms with Gasteiger partial charge in [-0.1, -0.05) is 42.5 Å². The molecule has 0 aromatic heterocycles. The first-order valence-corrected chi connectivity index (χ1v) is 10.0. The number of nitrogens with one attached hydrogen (secondary N) is 1. The van der Waals surface area contributed by atoms with Crippen molar-refractivity contribution in [3.05, 3.63) is 48.0 Å². The van der Waals surface area contributed by atoms with Gasteiger partial charge in [0, 0.05) is 18.9 Å². The molecule has 0 spiro atoms. The second kappa shape index (κ2) is 12.2. The van der Waals surface area contributed by atoms with E-state index >= 15 is 0 Å². The smallest absolute Gasteiger partial charge is 0.407 e. The van der Waals surface area contributed by atoms with E-state index in [9.17, 15) is 19.8 Å². The zero-order valence-corrected chi connectivity index (χ0v) is 16.8. The molecule has 29 heavy (non-hydrogen) atoms. The molecule has 0 saturated heterocycles. The van der Waals surface area contributed by atoms with Gasteiger partial charge in [0.05, 0.1) is 25.9 Å². The minimum atomic E-state index is -0.704. The molecule has 4 unspecified atom stereocenters. The van der Waals surface area contributed by atoms with E-state index in [4.69, 9.17) is 4.74 Å². The van der Waals surface area contributed by atoms with Crippen molar-refractivity contribution in [2.75, 3.05) is 13.7 Å². The van der Waals surface area contributed by atoms with Crippen molar-refractivity contribution in [1.29, 1.82) is 0 Å². The first-order chi connectivity index (χ1) is 14.0. The minimum Gasteiger partial charge on any atom is -0.469 e. The second-order valence-electron chi connectivity index (χ2n) is 7.31. The highest BCUT2D eigenvalue weighted by Gasteiger charge is 2.41. The molecular weight excluding hydrogens is 374 g/mol. The Balaban J connectivity index is 1.73. The van der Waals surface area contributed by atoms with Crippen molar-refractivity contribution in [2.45, 2.75) is 50.9 Å². The van der Waals surface area contributed by atoms with Crippen LogP contribution in [-0.2, 0) is 20.8 Å². The third-order valence-corrected chi connectivity index (χ3v) is 5.26. The number of carbonyl (C=O) groups is 2. The molecule has 1 saturated carbocycles. The van der Waals surface area contributed by atoms with Gasteiger partial charge in [0.15, 0.2) is 0 Å². The second-order valence-corrected chi connectivity index (χ2v) is 7.31. The maximum atomic E-state index is 12.0. The molecule has 2 rings (SSSR count). The number of hydrogen-bond donors (Lipinski definition) is 3. The van der Waals surface area contributed by atoms with Gasteiger partial charge in [0.2, 0.25) is 0 Å². The van der Waals surface area contributed by atoms with Crippen molar-refractivity contribution in [3.63, 3.8) is 0 Å². The lowest BCUT2D eigenvalue weighted by molar-refractivity contribution is -0.140. The molecule has 1 aliphatic carbocycles. The van der Waals surface area contributed by atoms with Crippen LogP contribution in [0.5, 0.6) is 0 Å². The minimum absolute atomic E-state index is 0.0553. The Morgan fingerprint density at radius 2 is 1.86 bits per heavy atom. The molecule has 4 atom stereocenters. The van der Waals surface area contributed by atoms with Gasteiger partial charge in [-0.15, -0.1) is 0 Å². The van der Waals surface area contributed by atoms with E-state index < -0.39 is 18.3 Å². The molecule has 1 aromatic rings. The quantitative estimate of drug-likeness (QED) is 0.314. The lowest BCUT2D eigenvalue weighted by atomic mass is 9.91. The van der Waals surface area contributed by atoms with Gasteiger partial charge < -0.3 is 25.0 Å². The van der Waals surface area contributed by atoms with Gasteiger partial charge in [0.25, 0.3) is 0 Å². The van der Waals surface area contributed by atoms with Crippen molar-refractivity contribution in [3.8, 4) is 0 Å². The summed E-state index contributed by atoms with van der Waals surface area (Å²) >= 11 is 0. The standard InChI is InChI=1S/C22H31NO6/c1-28-21(26)12-8-3-2-7-11-17-18(20(25)13-19(17)24)15-29-22(27)23-14-16-9-5-4-6-10-16/h2,4-7,9-10,17-20,24-25H,3,8,11-15H2,1H3,(H,23,27). The predicted molar refractivity (Wildman–Crippen MR) is 108 cm³/mol. The molecule has 0 bridgehead atoms. The number of rotatable bonds is 10. The molecule has 0 heterocycles. The number of unbranched alkanes of at least 4 members (excludes halogenated alkanes) is 1. The van der Waals surface area contributed by atoms with E-state index in [0.717, 1.165) is 12.0 Å². The van der Waals surface area contributed by atoms with Gasteiger partial charge in [-0.05, 0) is 37.2 Å². The van der Waals surface area contributed by atoms with Gasteiger partial charge >= 0.3 is 12.1 Å². The number of esters is 1. The van der Waals surface area contributed by atoms with Crippen LogP contribution in [0.4, 0.5) is 4.79 Å². The number of carbonyl (C=O) groups excluding carboxylic acids is 2. The van der Waals surface area contributed by atoms with Crippen LogP contribution in [-0.4, -0.2) is 48.2 Å². The molecule has 160 valence electrons. The van der Waals surface area contributed by atoms with E-state index in [2.05, 4.69) is 10.1 Å². The Bertz CT molecular complexity index is 663. The lowest BCUT2D eigenvalue weighted by Crippen LogP contribution is -2.31. The molecule has 1 fully saturated rings. The third-order valence-electron chi connectivity index (χ3n) is 5.26. The summed E-state index contributed by atoms with van der Waals surface area (Å²) in [6.45, 7) is 0.424. The van der Waals surface area contributed by atoms with Crippen molar-refractivity contribution in [1.82, 2.24) is 5.32 Å². The fourth-order valence-electron chi connectivity index (χ4n) is 3.56. The summed E-state index contributed by atoms with van der Waals surface area (Å²) in [5.74, 6) is -0.716. The van der Waals surface area contributed by atoms with Crippen LogP contribution in [0.15, 0.2) is 42.5 Å². The number of ether oxygens (including phenoxy) is 2. The highest BCUT2D eigenvalue weighted by atomic mass is 16.5. The van der Waals surface area contributed by atoms with Crippen molar-refractivity contribution < 1.29 is 29.3 Å². The highest BCUT2D eigenvalue weighted by molar-refractivity contribution is 5.69. The Morgan fingerprint density at radius 3 is 2.59 bits per heavy atom. The number of hydrogen-bond acceptors (Lipinski definition) is 6. The van der Waals surface area contributed by atoms with Crippen LogP contribution >= 0.6 is 0 Å². The maximum Gasteiger partial charge on any atom is 0.407 e. The lowest BCUT2D eigenvalue weighted by Gasteiger charge is -2.22. The molecule has 7 heteroatoms. The molecule has 3 N–H and O–H groups in total. The monoisotopic (exact) mass is 405 g/mol. The molecule has 1 aromatic carbocycles. The number of benzene rings is 1. The normalized spacial score (nSPS) is 23.8. The van der Waals surface area contributed by atoms with Gasteiger partial charge in [0.1, 0.15) is 0 Å². The molecular formula is C22H31NO6. The summed E-state index contributed by atoms with van der Waals surface area (Å²) in [6, 6.07) is 9.51. The van der Waals surface area contributed by atoms with Gasteiger partial charge in [-0.2, -0.15) is 0 Å². The Hall–Kier alpha value is -2.38. The SMILES string of the molecule is COC(=O)CCCC=CCC1C(O)CC(O)C1COC(=O)NCc1ccccc1. The van der Waals surface area contributed by atoms with Gasteiger partial charge in [-0.3, -0.25) is 4.79 Å². The number of amides is 1. The fourth-order valence-corrected chi connectivity index (χ4v) is 3.56. The summed E-state index contributed by atoms with van der Waals surface area (Å²) in [5, 5.41) is 23.2. The molecule has 0 radical (unpaired) electrons. The van der Waals surface area contributed by atoms with E-state index in [1.54, 1.807) is 0 Å². The number of aliphatic hydroxyl groups is 2. The molecule has 7 nitrogen and oxygen atoms in total.